The summed E-state index contributed by atoms with van der Waals surface area (Å²) in [6.07, 6.45) is 1.23. The molecule has 0 saturated carbocycles. The minimum atomic E-state index is -0.748. The molecule has 114 valence electrons. The van der Waals surface area contributed by atoms with E-state index in [1.165, 1.54) is 4.90 Å². The highest BCUT2D eigenvalue weighted by atomic mass is 35.5. The summed E-state index contributed by atoms with van der Waals surface area (Å²) in [6.45, 7) is 3.40. The lowest BCUT2D eigenvalue weighted by Crippen LogP contribution is -2.53. The molecule has 0 aliphatic carbocycles. The van der Waals surface area contributed by atoms with E-state index in [4.69, 9.17) is 11.6 Å². The van der Waals surface area contributed by atoms with E-state index in [2.05, 4.69) is 15.7 Å². The largest absolute Gasteiger partial charge is 0.325 e. The first-order chi connectivity index (χ1) is 9.94. The van der Waals surface area contributed by atoms with Crippen LogP contribution in [0.5, 0.6) is 0 Å². The van der Waals surface area contributed by atoms with Gasteiger partial charge in [0.2, 0.25) is 0 Å². The van der Waals surface area contributed by atoms with E-state index in [0.29, 0.717) is 29.3 Å². The number of urea groups is 1. The quantitative estimate of drug-likeness (QED) is 0.782. The number of nitrogens with one attached hydrogen (secondary N) is 2. The number of carbonyl (C=O) groups is 2. The maximum atomic E-state index is 12.7. The number of piperidine rings is 1. The van der Waals surface area contributed by atoms with Crippen molar-refractivity contribution in [3.63, 3.8) is 0 Å². The molecule has 0 radical (unpaired) electrons. The second kappa shape index (κ2) is 4.99. The van der Waals surface area contributed by atoms with E-state index >= 15 is 0 Å². The van der Waals surface area contributed by atoms with Gasteiger partial charge in [0, 0.05) is 7.05 Å². The van der Waals surface area contributed by atoms with Gasteiger partial charge >= 0.3 is 6.03 Å². The monoisotopic (exact) mass is 311 g/mol. The van der Waals surface area contributed by atoms with Crippen LogP contribution >= 0.6 is 11.6 Å². The molecule has 2 aliphatic heterocycles. The maximum absolute atomic E-state index is 12.7. The van der Waals surface area contributed by atoms with Crippen LogP contribution in [0.25, 0.3) is 0 Å². The highest BCUT2D eigenvalue weighted by molar-refractivity contribution is 6.31. The Labute approximate surface area is 127 Å². The number of nitrogens with zero attached hydrogens (tertiary/aromatic N) is 3. The maximum Gasteiger partial charge on any atom is 0.325 e. The smallest absolute Gasteiger partial charge is 0.323 e. The normalized spacial score (nSPS) is 21.2. The molecule has 3 amide bonds. The van der Waals surface area contributed by atoms with Crippen molar-refractivity contribution >= 4 is 23.5 Å². The lowest BCUT2D eigenvalue weighted by Gasteiger charge is -2.31. The van der Waals surface area contributed by atoms with Gasteiger partial charge in [0.25, 0.3) is 5.91 Å². The number of hydrogen-bond donors (Lipinski definition) is 2. The average molecular weight is 312 g/mol. The zero-order chi connectivity index (χ0) is 15.2. The molecule has 0 aromatic carbocycles. The Kier molecular flexibility index (Phi) is 3.41. The van der Waals surface area contributed by atoms with E-state index in [1.54, 1.807) is 18.7 Å². The Bertz CT molecular complexity index is 606. The van der Waals surface area contributed by atoms with E-state index < -0.39 is 5.54 Å². The first-order valence-electron chi connectivity index (χ1n) is 6.97. The van der Waals surface area contributed by atoms with Gasteiger partial charge in [-0.3, -0.25) is 14.4 Å². The van der Waals surface area contributed by atoms with Gasteiger partial charge in [0.05, 0.1) is 23.0 Å². The molecule has 21 heavy (non-hydrogen) atoms. The fraction of sp³-hybridized carbons (Fsp3) is 0.615. The zero-order valence-corrected chi connectivity index (χ0v) is 12.8. The summed E-state index contributed by atoms with van der Waals surface area (Å²) in [7, 11) is 1.76. The Balaban J connectivity index is 1.86. The average Bonchev–Trinajstić information content (AvgIpc) is 2.82. The third-order valence-corrected chi connectivity index (χ3v) is 4.76. The van der Waals surface area contributed by atoms with Crippen LogP contribution in [0.1, 0.15) is 24.2 Å². The standard InChI is InChI=1S/C13H18ClN5O2/c1-8-10(14)9(18(2)17-8)7-19-11(20)13(16-12(19)21)3-5-15-6-4-13/h15H,3-7H2,1-2H3,(H,16,21). The Morgan fingerprint density at radius 1 is 1.33 bits per heavy atom. The van der Waals surface area contributed by atoms with Crippen LogP contribution in [0, 0.1) is 6.92 Å². The first kappa shape index (κ1) is 14.3. The number of rotatable bonds is 2. The lowest BCUT2D eigenvalue weighted by molar-refractivity contribution is -0.132. The molecular weight excluding hydrogens is 294 g/mol. The van der Waals surface area contributed by atoms with Crippen LogP contribution < -0.4 is 10.6 Å². The number of halogens is 1. The SMILES string of the molecule is Cc1nn(C)c(CN2C(=O)NC3(CCNCC3)C2=O)c1Cl. The molecule has 2 N–H and O–H groups in total. The predicted molar refractivity (Wildman–Crippen MR) is 76.9 cm³/mol. The molecule has 3 heterocycles. The van der Waals surface area contributed by atoms with Crippen molar-refractivity contribution in [2.45, 2.75) is 31.8 Å². The van der Waals surface area contributed by atoms with Gasteiger partial charge in [0.1, 0.15) is 5.54 Å². The Morgan fingerprint density at radius 2 is 2.00 bits per heavy atom. The highest BCUT2D eigenvalue weighted by Crippen LogP contribution is 2.29. The van der Waals surface area contributed by atoms with Crippen molar-refractivity contribution in [1.82, 2.24) is 25.3 Å². The minimum absolute atomic E-state index is 0.149. The molecule has 7 nitrogen and oxygen atoms in total. The van der Waals surface area contributed by atoms with Crippen LogP contribution in [0.3, 0.4) is 0 Å². The van der Waals surface area contributed by atoms with Crippen LogP contribution in [0.2, 0.25) is 5.02 Å². The van der Waals surface area contributed by atoms with Gasteiger partial charge in [-0.05, 0) is 32.9 Å². The molecule has 1 aromatic rings. The molecule has 2 aliphatic rings. The van der Waals surface area contributed by atoms with Crippen molar-refractivity contribution in [3.8, 4) is 0 Å². The van der Waals surface area contributed by atoms with Gasteiger partial charge in [-0.2, -0.15) is 5.10 Å². The second-order valence-electron chi connectivity index (χ2n) is 5.62. The third-order valence-electron chi connectivity index (χ3n) is 4.27. The topological polar surface area (TPSA) is 79.3 Å². The molecule has 1 aromatic heterocycles. The number of hydrogen-bond acceptors (Lipinski definition) is 4. The van der Waals surface area contributed by atoms with Gasteiger partial charge in [-0.1, -0.05) is 11.6 Å². The number of aromatic nitrogens is 2. The number of carbonyl (C=O) groups excluding carboxylic acids is 2. The second-order valence-corrected chi connectivity index (χ2v) is 6.00. The van der Waals surface area contributed by atoms with E-state index in [0.717, 1.165) is 13.1 Å². The molecule has 8 heteroatoms. The van der Waals surface area contributed by atoms with E-state index in [-0.39, 0.29) is 18.5 Å². The van der Waals surface area contributed by atoms with Crippen molar-refractivity contribution < 1.29 is 9.59 Å². The summed E-state index contributed by atoms with van der Waals surface area (Å²) in [6, 6.07) is -0.350. The molecule has 2 saturated heterocycles. The van der Waals surface area contributed by atoms with Crippen LogP contribution in [-0.2, 0) is 18.4 Å². The van der Waals surface area contributed by atoms with Gasteiger partial charge < -0.3 is 10.6 Å². The number of imide groups is 1. The molecule has 0 unspecified atom stereocenters. The summed E-state index contributed by atoms with van der Waals surface area (Å²) >= 11 is 6.20. The van der Waals surface area contributed by atoms with Crippen LogP contribution in [-0.4, -0.2) is 45.2 Å². The van der Waals surface area contributed by atoms with E-state index in [1.807, 2.05) is 0 Å². The first-order valence-corrected chi connectivity index (χ1v) is 7.35. The predicted octanol–water partition coefficient (Wildman–Crippen LogP) is 0.556. The number of aryl methyl sites for hydroxylation is 2. The van der Waals surface area contributed by atoms with Crippen LogP contribution in [0.4, 0.5) is 4.79 Å². The van der Waals surface area contributed by atoms with Crippen molar-refractivity contribution in [2.24, 2.45) is 7.05 Å². The van der Waals surface area contributed by atoms with Crippen molar-refractivity contribution in [1.29, 1.82) is 0 Å². The summed E-state index contributed by atoms with van der Waals surface area (Å²) in [4.78, 5) is 26.1. The Hall–Kier alpha value is -1.60. The fourth-order valence-corrected chi connectivity index (χ4v) is 3.23. The molecular formula is C13H18ClN5O2. The summed E-state index contributed by atoms with van der Waals surface area (Å²) in [5, 5.41) is 10.8. The minimum Gasteiger partial charge on any atom is -0.323 e. The van der Waals surface area contributed by atoms with Gasteiger partial charge in [-0.15, -0.1) is 0 Å². The molecule has 2 fully saturated rings. The van der Waals surface area contributed by atoms with Gasteiger partial charge in [-0.25, -0.2) is 4.79 Å². The molecule has 0 bridgehead atoms. The fourth-order valence-electron chi connectivity index (χ4n) is 3.01. The summed E-state index contributed by atoms with van der Waals surface area (Å²) in [5.74, 6) is -0.163. The molecule has 1 spiro atoms. The number of amides is 3. The lowest BCUT2D eigenvalue weighted by atomic mass is 9.88. The van der Waals surface area contributed by atoms with E-state index in [9.17, 15) is 9.59 Å². The summed E-state index contributed by atoms with van der Waals surface area (Å²) in [5.41, 5.74) is 0.615. The summed E-state index contributed by atoms with van der Waals surface area (Å²) < 4.78 is 1.62. The third kappa shape index (κ3) is 2.20. The highest BCUT2D eigenvalue weighted by Gasteiger charge is 2.51. The van der Waals surface area contributed by atoms with Gasteiger partial charge in [0.15, 0.2) is 0 Å². The molecule has 0 atom stereocenters. The zero-order valence-electron chi connectivity index (χ0n) is 12.1. The van der Waals surface area contributed by atoms with Crippen molar-refractivity contribution in [2.75, 3.05) is 13.1 Å². The van der Waals surface area contributed by atoms with Crippen LogP contribution in [0.15, 0.2) is 0 Å². The Morgan fingerprint density at radius 3 is 2.57 bits per heavy atom. The molecule has 3 rings (SSSR count). The van der Waals surface area contributed by atoms with Crippen molar-refractivity contribution in [3.05, 3.63) is 16.4 Å².